The van der Waals surface area contributed by atoms with Crippen molar-refractivity contribution in [3.63, 3.8) is 0 Å². The number of carboxylic acids is 1. The molecule has 1 aliphatic heterocycles. The monoisotopic (exact) mass is 550 g/mol. The minimum absolute atomic E-state index is 0.0848. The largest absolute Gasteiger partial charge is 0.481 e. The molecule has 5 rings (SSSR count). The van der Waals surface area contributed by atoms with Gasteiger partial charge in [-0.05, 0) is 66.8 Å². The molecule has 4 aromatic rings. The van der Waals surface area contributed by atoms with Gasteiger partial charge in [0, 0.05) is 45.3 Å². The maximum Gasteiger partial charge on any atom is 0.304 e. The molecule has 0 saturated heterocycles. The van der Waals surface area contributed by atoms with Crippen LogP contribution >= 0.6 is 10.8 Å². The Hall–Kier alpha value is -3.51. The van der Waals surface area contributed by atoms with E-state index in [1.807, 2.05) is 58.2 Å². The van der Waals surface area contributed by atoms with E-state index < -0.39 is 22.7 Å². The standard InChI is InChI=1S/C28H34N6O4S/c1-5-33-13-14-34(39(37,38)25-7-6-12-29-28(25)33)17-21-15-20(9-8-18(21)2)23(16-26(35)36)22-10-11-24-27(19(22)3)30-31-32(24)4/h6-12,15,23,37-38H,5,13-14,16-17H2,1-4H3,(H,35,36). The van der Waals surface area contributed by atoms with Gasteiger partial charge < -0.3 is 10.0 Å². The number of pyridine rings is 1. The van der Waals surface area contributed by atoms with Crippen LogP contribution in [0, 0.1) is 13.8 Å². The molecule has 0 aliphatic carbocycles. The van der Waals surface area contributed by atoms with E-state index in [9.17, 15) is 19.0 Å². The number of aryl methyl sites for hydroxylation is 3. The number of likely N-dealkylation sites (N-methyl/N-ethyl adjacent to an activating group) is 1. The number of carbonyl (C=O) groups is 1. The number of rotatable bonds is 7. The lowest BCUT2D eigenvalue weighted by molar-refractivity contribution is -0.137. The van der Waals surface area contributed by atoms with Crippen molar-refractivity contribution in [1.82, 2.24) is 24.3 Å². The summed E-state index contributed by atoms with van der Waals surface area (Å²) in [6.45, 7) is 8.01. The van der Waals surface area contributed by atoms with E-state index in [2.05, 4.69) is 20.2 Å². The summed E-state index contributed by atoms with van der Waals surface area (Å²) in [7, 11) is -1.46. The van der Waals surface area contributed by atoms with E-state index in [-0.39, 0.29) is 6.42 Å². The number of nitrogens with zero attached hydrogens (tertiary/aromatic N) is 6. The van der Waals surface area contributed by atoms with Gasteiger partial charge in [-0.1, -0.05) is 29.5 Å². The average molecular weight is 551 g/mol. The molecule has 3 N–H and O–H groups in total. The van der Waals surface area contributed by atoms with Crippen molar-refractivity contribution in [2.75, 3.05) is 24.5 Å². The zero-order valence-electron chi connectivity index (χ0n) is 22.6. The summed E-state index contributed by atoms with van der Waals surface area (Å²) in [6.07, 6.45) is 1.59. The summed E-state index contributed by atoms with van der Waals surface area (Å²) in [6, 6.07) is 13.3. The number of benzene rings is 2. The highest BCUT2D eigenvalue weighted by molar-refractivity contribution is 8.22. The first-order chi connectivity index (χ1) is 18.6. The lowest BCUT2D eigenvalue weighted by atomic mass is 9.84. The third-order valence-corrected chi connectivity index (χ3v) is 9.60. The summed E-state index contributed by atoms with van der Waals surface area (Å²) in [5, 5.41) is 18.2. The molecular formula is C28H34N6O4S. The zero-order valence-corrected chi connectivity index (χ0v) is 23.4. The van der Waals surface area contributed by atoms with Crippen LogP contribution in [-0.4, -0.2) is 64.1 Å². The Morgan fingerprint density at radius 1 is 1.13 bits per heavy atom. The van der Waals surface area contributed by atoms with Gasteiger partial charge in [0.15, 0.2) is 5.82 Å². The molecule has 0 amide bonds. The Morgan fingerprint density at radius 2 is 1.92 bits per heavy atom. The number of aromatic nitrogens is 4. The second kappa shape index (κ2) is 10.6. The molecular weight excluding hydrogens is 516 g/mol. The van der Waals surface area contributed by atoms with Crippen molar-refractivity contribution in [1.29, 1.82) is 0 Å². The molecule has 206 valence electrons. The predicted octanol–water partition coefficient (Wildman–Crippen LogP) is 4.95. The molecule has 2 aromatic carbocycles. The van der Waals surface area contributed by atoms with Crippen LogP contribution in [0.15, 0.2) is 53.6 Å². The predicted molar refractivity (Wildman–Crippen MR) is 152 cm³/mol. The van der Waals surface area contributed by atoms with E-state index in [1.165, 1.54) is 0 Å². The zero-order chi connectivity index (χ0) is 27.9. The maximum atomic E-state index is 12.0. The van der Waals surface area contributed by atoms with Crippen molar-refractivity contribution < 1.29 is 19.0 Å². The first kappa shape index (κ1) is 27.1. The van der Waals surface area contributed by atoms with Gasteiger partial charge in [0.1, 0.15) is 10.4 Å². The van der Waals surface area contributed by atoms with Crippen molar-refractivity contribution in [2.24, 2.45) is 7.05 Å². The Balaban J connectivity index is 1.53. The van der Waals surface area contributed by atoms with Crippen molar-refractivity contribution >= 4 is 33.6 Å². The minimum atomic E-state index is -3.29. The Bertz CT molecular complexity index is 1540. The quantitative estimate of drug-likeness (QED) is 0.293. The van der Waals surface area contributed by atoms with Crippen LogP contribution in [0.3, 0.4) is 0 Å². The molecule has 3 heterocycles. The van der Waals surface area contributed by atoms with Gasteiger partial charge >= 0.3 is 5.97 Å². The van der Waals surface area contributed by atoms with Gasteiger partial charge in [0.05, 0.1) is 11.9 Å². The van der Waals surface area contributed by atoms with Crippen LogP contribution < -0.4 is 4.90 Å². The molecule has 0 bridgehead atoms. The second-order valence-corrected chi connectivity index (χ2v) is 12.0. The van der Waals surface area contributed by atoms with Crippen LogP contribution in [0.5, 0.6) is 0 Å². The smallest absolute Gasteiger partial charge is 0.304 e. The lowest BCUT2D eigenvalue weighted by Gasteiger charge is -2.41. The van der Waals surface area contributed by atoms with E-state index in [0.29, 0.717) is 36.9 Å². The molecule has 11 heteroatoms. The molecule has 10 nitrogen and oxygen atoms in total. The Morgan fingerprint density at radius 3 is 2.67 bits per heavy atom. The number of aliphatic carboxylic acids is 1. The minimum Gasteiger partial charge on any atom is -0.481 e. The molecule has 1 unspecified atom stereocenters. The topological polar surface area (TPSA) is 128 Å². The normalized spacial score (nSPS) is 17.0. The van der Waals surface area contributed by atoms with Crippen LogP contribution in [0.4, 0.5) is 5.82 Å². The summed E-state index contributed by atoms with van der Waals surface area (Å²) < 4.78 is 26.3. The van der Waals surface area contributed by atoms with Gasteiger partial charge in [-0.25, -0.2) is 9.67 Å². The highest BCUT2D eigenvalue weighted by atomic mass is 32.3. The Kier molecular flexibility index (Phi) is 7.34. The number of anilines is 1. The van der Waals surface area contributed by atoms with Gasteiger partial charge in [0.25, 0.3) is 0 Å². The summed E-state index contributed by atoms with van der Waals surface area (Å²) in [5.41, 5.74) is 6.19. The fourth-order valence-electron chi connectivity index (χ4n) is 5.39. The lowest BCUT2D eigenvalue weighted by Crippen LogP contribution is -2.33. The van der Waals surface area contributed by atoms with Crippen molar-refractivity contribution in [3.8, 4) is 0 Å². The number of hydrogen-bond donors (Lipinski definition) is 3. The van der Waals surface area contributed by atoms with Crippen LogP contribution in [-0.2, 0) is 18.4 Å². The van der Waals surface area contributed by atoms with Crippen molar-refractivity contribution in [2.45, 2.75) is 44.6 Å². The van der Waals surface area contributed by atoms with Gasteiger partial charge in [0.2, 0.25) is 0 Å². The fraction of sp³-hybridized carbons (Fsp3) is 0.357. The number of hydrogen-bond acceptors (Lipinski definition) is 8. The van der Waals surface area contributed by atoms with Crippen LogP contribution in [0.1, 0.15) is 47.1 Å². The molecule has 0 radical (unpaired) electrons. The molecule has 2 aromatic heterocycles. The first-order valence-corrected chi connectivity index (χ1v) is 14.5. The Labute approximate surface area is 229 Å². The van der Waals surface area contributed by atoms with Gasteiger partial charge in [-0.2, -0.15) is 4.31 Å². The SMILES string of the molecule is CCN1CCN(Cc2cc(C(CC(=O)O)c3ccc4c(nnn4C)c3C)ccc2C)S(O)(O)c2cccnc21. The van der Waals surface area contributed by atoms with E-state index in [4.69, 9.17) is 0 Å². The number of carboxylic acid groups (broad SMARTS) is 1. The summed E-state index contributed by atoms with van der Waals surface area (Å²) in [5.74, 6) is -0.700. The molecule has 0 saturated carbocycles. The van der Waals surface area contributed by atoms with Gasteiger partial charge in [-0.15, -0.1) is 15.9 Å². The molecule has 39 heavy (non-hydrogen) atoms. The molecule has 0 fully saturated rings. The number of fused-ring (bicyclic) bond motifs is 2. The molecule has 0 spiro atoms. The van der Waals surface area contributed by atoms with Crippen molar-refractivity contribution in [3.05, 3.63) is 76.5 Å². The second-order valence-electron chi connectivity index (χ2n) is 9.98. The highest BCUT2D eigenvalue weighted by Gasteiger charge is 2.34. The van der Waals surface area contributed by atoms with E-state index >= 15 is 0 Å². The fourth-order valence-corrected chi connectivity index (χ4v) is 7.01. The summed E-state index contributed by atoms with van der Waals surface area (Å²) >= 11 is 0. The third-order valence-electron chi connectivity index (χ3n) is 7.66. The van der Waals surface area contributed by atoms with Crippen LogP contribution in [0.2, 0.25) is 0 Å². The molecule has 1 aliphatic rings. The highest BCUT2D eigenvalue weighted by Crippen LogP contribution is 2.56. The van der Waals surface area contributed by atoms with E-state index in [1.54, 1.807) is 27.3 Å². The first-order valence-electron chi connectivity index (χ1n) is 12.9. The van der Waals surface area contributed by atoms with Crippen LogP contribution in [0.25, 0.3) is 11.0 Å². The maximum absolute atomic E-state index is 12.0. The molecule has 1 atom stereocenters. The average Bonchev–Trinajstić information content (AvgIpc) is 3.25. The van der Waals surface area contributed by atoms with E-state index in [0.717, 1.165) is 38.9 Å². The van der Waals surface area contributed by atoms with Gasteiger partial charge in [-0.3, -0.25) is 13.9 Å². The summed E-state index contributed by atoms with van der Waals surface area (Å²) in [4.78, 5) is 18.9. The third kappa shape index (κ3) is 4.98.